The Balaban J connectivity index is 1.69. The molecule has 2 fully saturated rings. The highest BCUT2D eigenvalue weighted by atomic mass is 19.2. The summed E-state index contributed by atoms with van der Waals surface area (Å²) in [5, 5.41) is 9.62. The van der Waals surface area contributed by atoms with E-state index in [1.807, 2.05) is 0 Å². The Hall–Kier alpha value is -3.56. The monoisotopic (exact) mass is 447 g/mol. The van der Waals surface area contributed by atoms with Crippen molar-refractivity contribution in [1.82, 2.24) is 14.7 Å². The molecular formula is C22H20F3N3O4. The molecule has 7 nitrogen and oxygen atoms in total. The molecule has 2 saturated heterocycles. The normalized spacial score (nSPS) is 21.0. The van der Waals surface area contributed by atoms with E-state index in [2.05, 4.69) is 0 Å². The maximum absolute atomic E-state index is 13.9. The van der Waals surface area contributed by atoms with E-state index in [-0.39, 0.29) is 31.6 Å². The average molecular weight is 447 g/mol. The van der Waals surface area contributed by atoms with Gasteiger partial charge in [0.25, 0.3) is 0 Å². The fraction of sp³-hybridized carbons (Fsp3) is 0.318. The quantitative estimate of drug-likeness (QED) is 0.782. The first-order valence-corrected chi connectivity index (χ1v) is 10.0. The molecule has 4 rings (SSSR count). The zero-order valence-corrected chi connectivity index (χ0v) is 16.9. The van der Waals surface area contributed by atoms with Crippen LogP contribution in [0.4, 0.5) is 18.0 Å². The molecule has 0 spiro atoms. The van der Waals surface area contributed by atoms with Crippen molar-refractivity contribution in [3.63, 3.8) is 0 Å². The van der Waals surface area contributed by atoms with Gasteiger partial charge in [-0.05, 0) is 41.8 Å². The SMILES string of the molecule is O=C1C(c2ccc(F)c(F)c2)N2C(=O)CCN(C(=O)O)C2CN1CCc1cccc(F)c1. The van der Waals surface area contributed by atoms with Crippen molar-refractivity contribution in [2.75, 3.05) is 19.6 Å². The van der Waals surface area contributed by atoms with Gasteiger partial charge in [-0.15, -0.1) is 0 Å². The van der Waals surface area contributed by atoms with Crippen molar-refractivity contribution in [3.8, 4) is 0 Å². The van der Waals surface area contributed by atoms with Gasteiger partial charge in [0.2, 0.25) is 11.8 Å². The van der Waals surface area contributed by atoms with Gasteiger partial charge in [-0.3, -0.25) is 14.5 Å². The lowest BCUT2D eigenvalue weighted by molar-refractivity contribution is -0.168. The molecule has 2 aliphatic heterocycles. The molecule has 2 unspecified atom stereocenters. The standard InChI is InChI=1S/C22H20F3N3O4/c23-15-3-1-2-13(10-15)6-8-26-12-18-27(22(31)32)9-7-19(29)28(18)20(21(26)30)14-4-5-16(24)17(25)11-14/h1-5,10-11,18,20H,6-9,12H2,(H,31,32). The van der Waals surface area contributed by atoms with Crippen LogP contribution in [0.25, 0.3) is 0 Å². The van der Waals surface area contributed by atoms with Gasteiger partial charge in [0.15, 0.2) is 11.6 Å². The van der Waals surface area contributed by atoms with Crippen LogP contribution in [0.15, 0.2) is 42.5 Å². The highest BCUT2D eigenvalue weighted by molar-refractivity contribution is 5.91. The van der Waals surface area contributed by atoms with Gasteiger partial charge >= 0.3 is 6.09 Å². The van der Waals surface area contributed by atoms with E-state index >= 15 is 0 Å². The minimum Gasteiger partial charge on any atom is -0.465 e. The molecule has 3 amide bonds. The van der Waals surface area contributed by atoms with E-state index in [4.69, 9.17) is 0 Å². The molecular weight excluding hydrogens is 427 g/mol. The summed E-state index contributed by atoms with van der Waals surface area (Å²) in [6.07, 6.45) is -2.06. The fourth-order valence-corrected chi connectivity index (χ4v) is 4.26. The van der Waals surface area contributed by atoms with E-state index in [9.17, 15) is 32.7 Å². The second kappa shape index (κ2) is 8.52. The number of hydrogen-bond donors (Lipinski definition) is 1. The Morgan fingerprint density at radius 2 is 1.84 bits per heavy atom. The lowest BCUT2D eigenvalue weighted by Crippen LogP contribution is -2.68. The Bertz CT molecular complexity index is 1080. The van der Waals surface area contributed by atoms with Crippen LogP contribution in [0.1, 0.15) is 23.6 Å². The minimum atomic E-state index is -1.30. The Morgan fingerprint density at radius 3 is 2.53 bits per heavy atom. The molecule has 0 bridgehead atoms. The molecule has 2 aromatic rings. The van der Waals surface area contributed by atoms with Crippen molar-refractivity contribution in [3.05, 3.63) is 71.0 Å². The predicted octanol–water partition coefficient (Wildman–Crippen LogP) is 2.77. The van der Waals surface area contributed by atoms with Crippen LogP contribution in [0.3, 0.4) is 0 Å². The second-order valence-electron chi connectivity index (χ2n) is 7.75. The third kappa shape index (κ3) is 4.00. The van der Waals surface area contributed by atoms with Crippen molar-refractivity contribution in [2.45, 2.75) is 25.0 Å². The topological polar surface area (TPSA) is 81.2 Å². The third-order valence-corrected chi connectivity index (χ3v) is 5.81. The molecule has 2 atom stereocenters. The second-order valence-corrected chi connectivity index (χ2v) is 7.75. The first kappa shape index (κ1) is 21.7. The maximum Gasteiger partial charge on any atom is 0.409 e. The molecule has 0 aromatic heterocycles. The Morgan fingerprint density at radius 1 is 1.06 bits per heavy atom. The first-order valence-electron chi connectivity index (χ1n) is 10.0. The van der Waals surface area contributed by atoms with E-state index in [1.54, 1.807) is 12.1 Å². The first-order chi connectivity index (χ1) is 15.3. The predicted molar refractivity (Wildman–Crippen MR) is 106 cm³/mol. The molecule has 2 aromatic carbocycles. The van der Waals surface area contributed by atoms with Crippen molar-refractivity contribution < 1.29 is 32.7 Å². The number of hydrogen-bond acceptors (Lipinski definition) is 3. The number of amides is 3. The summed E-state index contributed by atoms with van der Waals surface area (Å²) < 4.78 is 40.9. The summed E-state index contributed by atoms with van der Waals surface area (Å²) in [4.78, 5) is 41.5. The van der Waals surface area contributed by atoms with E-state index in [1.165, 1.54) is 23.1 Å². The summed E-state index contributed by atoms with van der Waals surface area (Å²) in [5.74, 6) is -3.69. The number of piperazine rings is 1. The van der Waals surface area contributed by atoms with Crippen LogP contribution in [-0.2, 0) is 16.0 Å². The highest BCUT2D eigenvalue weighted by Crippen LogP contribution is 2.35. The number of carbonyl (C=O) groups is 3. The van der Waals surface area contributed by atoms with Crippen molar-refractivity contribution in [1.29, 1.82) is 0 Å². The van der Waals surface area contributed by atoms with Gasteiger partial charge in [-0.1, -0.05) is 18.2 Å². The number of carboxylic acid groups (broad SMARTS) is 1. The van der Waals surface area contributed by atoms with Gasteiger partial charge in [0.05, 0.1) is 6.54 Å². The molecule has 1 N–H and O–H groups in total. The number of benzene rings is 2. The largest absolute Gasteiger partial charge is 0.465 e. The zero-order valence-electron chi connectivity index (χ0n) is 16.9. The van der Waals surface area contributed by atoms with Crippen molar-refractivity contribution in [2.24, 2.45) is 0 Å². The number of carbonyl (C=O) groups excluding carboxylic acids is 2. The minimum absolute atomic E-state index is 0.0360. The third-order valence-electron chi connectivity index (χ3n) is 5.81. The van der Waals surface area contributed by atoms with E-state index in [0.29, 0.717) is 12.0 Å². The van der Waals surface area contributed by atoms with Gasteiger partial charge in [0, 0.05) is 19.5 Å². The van der Waals surface area contributed by atoms with E-state index in [0.717, 1.165) is 21.9 Å². The highest BCUT2D eigenvalue weighted by Gasteiger charge is 2.49. The van der Waals surface area contributed by atoms with E-state index < -0.39 is 47.6 Å². The Kier molecular flexibility index (Phi) is 5.77. The van der Waals surface area contributed by atoms with Crippen LogP contribution in [-0.4, -0.2) is 63.5 Å². The molecule has 2 heterocycles. The zero-order chi connectivity index (χ0) is 23.0. The number of halogens is 3. The summed E-state index contributed by atoms with van der Waals surface area (Å²) in [7, 11) is 0. The van der Waals surface area contributed by atoms with Crippen LogP contribution in [0, 0.1) is 17.5 Å². The molecule has 0 saturated carbocycles. The van der Waals surface area contributed by atoms with Gasteiger partial charge in [-0.25, -0.2) is 18.0 Å². The van der Waals surface area contributed by atoms with Crippen LogP contribution >= 0.6 is 0 Å². The number of nitrogens with zero attached hydrogens (tertiary/aromatic N) is 3. The van der Waals surface area contributed by atoms with Gasteiger partial charge in [0.1, 0.15) is 18.0 Å². The van der Waals surface area contributed by atoms with Crippen molar-refractivity contribution >= 4 is 17.9 Å². The average Bonchev–Trinajstić information content (AvgIpc) is 2.75. The summed E-state index contributed by atoms with van der Waals surface area (Å²) >= 11 is 0. The summed E-state index contributed by atoms with van der Waals surface area (Å²) in [6.45, 7) is 0.0204. The van der Waals surface area contributed by atoms with Gasteiger partial charge < -0.3 is 14.9 Å². The smallest absolute Gasteiger partial charge is 0.409 e. The molecule has 0 radical (unpaired) electrons. The molecule has 2 aliphatic rings. The summed E-state index contributed by atoms with van der Waals surface area (Å²) in [6, 6.07) is 7.49. The van der Waals surface area contributed by atoms with Crippen LogP contribution in [0.2, 0.25) is 0 Å². The Labute approximate surface area is 181 Å². The van der Waals surface area contributed by atoms with Gasteiger partial charge in [-0.2, -0.15) is 0 Å². The molecule has 32 heavy (non-hydrogen) atoms. The summed E-state index contributed by atoms with van der Waals surface area (Å²) in [5.41, 5.74) is 0.689. The fourth-order valence-electron chi connectivity index (χ4n) is 4.26. The molecule has 0 aliphatic carbocycles. The lowest BCUT2D eigenvalue weighted by Gasteiger charge is -2.51. The lowest BCUT2D eigenvalue weighted by atomic mass is 9.96. The van der Waals surface area contributed by atoms with Crippen LogP contribution < -0.4 is 0 Å². The number of fused-ring (bicyclic) bond motifs is 1. The van der Waals surface area contributed by atoms with Crippen LogP contribution in [0.5, 0.6) is 0 Å². The number of rotatable bonds is 4. The molecule has 10 heteroatoms. The maximum atomic E-state index is 13.9. The molecule has 168 valence electrons.